The normalized spacial score (nSPS) is 11.3. The Bertz CT molecular complexity index is 1070. The summed E-state index contributed by atoms with van der Waals surface area (Å²) in [4.78, 5) is 11.4. The summed E-state index contributed by atoms with van der Waals surface area (Å²) in [6, 6.07) is 19.8. The molecule has 22 heavy (non-hydrogen) atoms. The largest absolute Gasteiger partial charge is 0.271 e. The van der Waals surface area contributed by atoms with E-state index in [0.717, 1.165) is 32.4 Å². The number of rotatable bonds is 1. The smallest absolute Gasteiger partial charge is 0.258 e. The molecule has 0 fully saturated rings. The van der Waals surface area contributed by atoms with E-state index >= 15 is 0 Å². The molecule has 4 aromatic rings. The number of nitro benzene ring substituents is 1. The molecule has 0 bridgehead atoms. The van der Waals surface area contributed by atoms with E-state index in [1.807, 2.05) is 68.5 Å². The van der Waals surface area contributed by atoms with Gasteiger partial charge in [0.1, 0.15) is 7.85 Å². The minimum Gasteiger partial charge on any atom is -0.258 e. The van der Waals surface area contributed by atoms with Crippen molar-refractivity contribution < 1.29 is 4.92 Å². The van der Waals surface area contributed by atoms with E-state index in [1.165, 1.54) is 0 Å². The van der Waals surface area contributed by atoms with E-state index in [4.69, 9.17) is 0 Å². The molecule has 104 valence electrons. The lowest BCUT2D eigenvalue weighted by atomic mass is 9.83. The summed E-state index contributed by atoms with van der Waals surface area (Å²) in [6.45, 7) is 0. The molecule has 4 aromatic carbocycles. The third-order valence-corrected chi connectivity index (χ3v) is 4.32. The van der Waals surface area contributed by atoms with Crippen LogP contribution in [0.5, 0.6) is 0 Å². The second kappa shape index (κ2) is 4.56. The molecule has 4 rings (SSSR count). The van der Waals surface area contributed by atoms with Crippen LogP contribution in [0.3, 0.4) is 0 Å². The average Bonchev–Trinajstić information content (AvgIpc) is 2.54. The second-order valence-electron chi connectivity index (χ2n) is 5.49. The molecular formula is C18H12BNO2. The van der Waals surface area contributed by atoms with Crippen molar-refractivity contribution in [3.63, 3.8) is 0 Å². The molecular weight excluding hydrogens is 273 g/mol. The lowest BCUT2D eigenvalue weighted by Crippen LogP contribution is -2.12. The summed E-state index contributed by atoms with van der Waals surface area (Å²) in [5.41, 5.74) is 0.933. The van der Waals surface area contributed by atoms with Crippen molar-refractivity contribution in [1.82, 2.24) is 0 Å². The molecule has 0 radical (unpaired) electrons. The van der Waals surface area contributed by atoms with Crippen molar-refractivity contribution in [1.29, 1.82) is 0 Å². The van der Waals surface area contributed by atoms with Gasteiger partial charge in [-0.05, 0) is 33.1 Å². The van der Waals surface area contributed by atoms with Crippen molar-refractivity contribution in [3.05, 3.63) is 70.8 Å². The average molecular weight is 285 g/mol. The maximum Gasteiger partial charge on any atom is 0.271 e. The highest BCUT2D eigenvalue weighted by Gasteiger charge is 2.20. The zero-order chi connectivity index (χ0) is 15.3. The van der Waals surface area contributed by atoms with Crippen molar-refractivity contribution in [3.8, 4) is 0 Å². The maximum atomic E-state index is 11.6. The van der Waals surface area contributed by atoms with E-state index in [2.05, 4.69) is 0 Å². The molecule has 0 aliphatic heterocycles. The molecule has 0 amide bonds. The van der Waals surface area contributed by atoms with Crippen molar-refractivity contribution in [2.24, 2.45) is 0 Å². The van der Waals surface area contributed by atoms with Crippen LogP contribution in [-0.4, -0.2) is 12.8 Å². The van der Waals surface area contributed by atoms with E-state index in [9.17, 15) is 10.1 Å². The Morgan fingerprint density at radius 3 is 2.14 bits per heavy atom. The number of nitrogens with zero attached hydrogens (tertiary/aromatic N) is 1. The van der Waals surface area contributed by atoms with Gasteiger partial charge in [0.15, 0.2) is 0 Å². The van der Waals surface area contributed by atoms with Gasteiger partial charge in [-0.25, -0.2) is 0 Å². The van der Waals surface area contributed by atoms with E-state index < -0.39 is 0 Å². The van der Waals surface area contributed by atoms with Crippen LogP contribution in [0.1, 0.15) is 0 Å². The quantitative estimate of drug-likeness (QED) is 0.233. The molecule has 0 atom stereocenters. The Balaban J connectivity index is 2.41. The minimum atomic E-state index is -0.265. The SMILES string of the molecule is Bc1c([N+](=O)[O-])c2ccc3ccccc3c2c2ccccc12. The van der Waals surface area contributed by atoms with Gasteiger partial charge >= 0.3 is 0 Å². The standard InChI is InChI=1S/C18H12BNO2/c19-17-14-8-4-3-7-13(14)16-12-6-2-1-5-11(12)9-10-15(16)18(17)20(21)22/h1-10H,19H2. The van der Waals surface area contributed by atoms with Crippen molar-refractivity contribution >= 4 is 51.3 Å². The highest BCUT2D eigenvalue weighted by molar-refractivity contribution is 6.45. The van der Waals surface area contributed by atoms with Gasteiger partial charge in [-0.1, -0.05) is 54.6 Å². The van der Waals surface area contributed by atoms with Crippen LogP contribution in [0.15, 0.2) is 60.7 Å². The van der Waals surface area contributed by atoms with Gasteiger partial charge in [-0.15, -0.1) is 0 Å². The minimum absolute atomic E-state index is 0.208. The first-order valence-electron chi connectivity index (χ1n) is 7.15. The van der Waals surface area contributed by atoms with Gasteiger partial charge in [0.2, 0.25) is 0 Å². The van der Waals surface area contributed by atoms with Gasteiger partial charge in [-0.2, -0.15) is 0 Å². The third-order valence-electron chi connectivity index (χ3n) is 4.32. The maximum absolute atomic E-state index is 11.6. The molecule has 4 heteroatoms. The van der Waals surface area contributed by atoms with Gasteiger partial charge < -0.3 is 0 Å². The van der Waals surface area contributed by atoms with Crippen LogP contribution in [0.4, 0.5) is 5.69 Å². The van der Waals surface area contributed by atoms with E-state index in [0.29, 0.717) is 5.39 Å². The molecule has 0 spiro atoms. The number of benzene rings is 4. The van der Waals surface area contributed by atoms with Crippen LogP contribution in [-0.2, 0) is 0 Å². The van der Waals surface area contributed by atoms with Crippen LogP contribution in [0, 0.1) is 10.1 Å². The third kappa shape index (κ3) is 1.64. The number of hydrogen-bond acceptors (Lipinski definition) is 2. The predicted octanol–water partition coefficient (Wildman–Crippen LogP) is 3.31. The first-order valence-corrected chi connectivity index (χ1v) is 7.15. The van der Waals surface area contributed by atoms with Crippen LogP contribution < -0.4 is 5.46 Å². The molecule has 0 saturated heterocycles. The molecule has 0 unspecified atom stereocenters. The molecule has 0 aromatic heterocycles. The summed E-state index contributed by atoms with van der Waals surface area (Å²) in [5, 5.41) is 17.5. The highest BCUT2D eigenvalue weighted by atomic mass is 16.6. The fraction of sp³-hybridized carbons (Fsp3) is 0. The summed E-state index contributed by atoms with van der Waals surface area (Å²) < 4.78 is 0. The Labute approximate surface area is 127 Å². The molecule has 0 aliphatic carbocycles. The van der Waals surface area contributed by atoms with Crippen LogP contribution in [0.2, 0.25) is 0 Å². The first-order chi connectivity index (χ1) is 10.7. The number of nitro groups is 1. The summed E-state index contributed by atoms with van der Waals surface area (Å²) in [7, 11) is 1.83. The van der Waals surface area contributed by atoms with Gasteiger partial charge in [0, 0.05) is 5.39 Å². The fourth-order valence-electron chi connectivity index (χ4n) is 3.35. The topological polar surface area (TPSA) is 43.1 Å². The summed E-state index contributed by atoms with van der Waals surface area (Å²) in [6.07, 6.45) is 0. The zero-order valence-electron chi connectivity index (χ0n) is 12.0. The lowest BCUT2D eigenvalue weighted by molar-refractivity contribution is -0.381. The van der Waals surface area contributed by atoms with Crippen molar-refractivity contribution in [2.45, 2.75) is 0 Å². The summed E-state index contributed by atoms with van der Waals surface area (Å²) >= 11 is 0. The number of hydrogen-bond donors (Lipinski definition) is 0. The monoisotopic (exact) mass is 285 g/mol. The fourth-order valence-corrected chi connectivity index (χ4v) is 3.35. The second-order valence-corrected chi connectivity index (χ2v) is 5.49. The van der Waals surface area contributed by atoms with Gasteiger partial charge in [0.05, 0.1) is 10.3 Å². The highest BCUT2D eigenvalue weighted by Crippen LogP contribution is 2.36. The predicted molar refractivity (Wildman–Crippen MR) is 93.8 cm³/mol. The number of fused-ring (bicyclic) bond motifs is 5. The Morgan fingerprint density at radius 2 is 1.41 bits per heavy atom. The van der Waals surface area contributed by atoms with Crippen LogP contribution >= 0.6 is 0 Å². The van der Waals surface area contributed by atoms with Crippen LogP contribution in [0.25, 0.3) is 32.3 Å². The Morgan fingerprint density at radius 1 is 0.773 bits per heavy atom. The van der Waals surface area contributed by atoms with Crippen molar-refractivity contribution in [2.75, 3.05) is 0 Å². The van der Waals surface area contributed by atoms with Gasteiger partial charge in [-0.3, -0.25) is 10.1 Å². The van der Waals surface area contributed by atoms with E-state index in [-0.39, 0.29) is 10.6 Å². The molecule has 0 saturated carbocycles. The zero-order valence-corrected chi connectivity index (χ0v) is 12.0. The lowest BCUT2D eigenvalue weighted by Gasteiger charge is -2.11. The Hall–Kier alpha value is -2.88. The Kier molecular flexibility index (Phi) is 2.66. The molecule has 0 N–H and O–H groups in total. The molecule has 0 heterocycles. The molecule has 0 aliphatic rings. The molecule has 3 nitrogen and oxygen atoms in total. The van der Waals surface area contributed by atoms with Gasteiger partial charge in [0.25, 0.3) is 5.69 Å². The summed E-state index contributed by atoms with van der Waals surface area (Å²) in [5.74, 6) is 0. The van der Waals surface area contributed by atoms with E-state index in [1.54, 1.807) is 0 Å². The first kappa shape index (κ1) is 12.8.